The van der Waals surface area contributed by atoms with Crippen molar-refractivity contribution in [1.82, 2.24) is 10.1 Å². The molecule has 2 saturated heterocycles. The number of carbonyl (C=O) groups excluding carboxylic acids is 2. The van der Waals surface area contributed by atoms with Crippen LogP contribution in [-0.2, 0) is 20.7 Å². The van der Waals surface area contributed by atoms with Crippen LogP contribution in [0.5, 0.6) is 0 Å². The van der Waals surface area contributed by atoms with Gasteiger partial charge in [0.2, 0.25) is 11.8 Å². The molecule has 7 heteroatoms. The molecule has 2 amide bonds. The van der Waals surface area contributed by atoms with Crippen molar-refractivity contribution >= 4 is 11.8 Å². The number of likely N-dealkylation sites (tertiary alicyclic amines) is 1. The highest BCUT2D eigenvalue weighted by molar-refractivity contribution is 5.78. The van der Waals surface area contributed by atoms with Gasteiger partial charge in [0.05, 0.1) is 24.1 Å². The van der Waals surface area contributed by atoms with Gasteiger partial charge >= 0.3 is 0 Å². The largest absolute Gasteiger partial charge is 0.377 e. The zero-order valence-electron chi connectivity index (χ0n) is 14.1. The third-order valence-corrected chi connectivity index (χ3v) is 5.11. The van der Waals surface area contributed by atoms with Gasteiger partial charge in [-0.2, -0.15) is 0 Å². The summed E-state index contributed by atoms with van der Waals surface area (Å²) in [6.45, 7) is 3.94. The topological polar surface area (TPSA) is 98.7 Å². The Kier molecular flexibility index (Phi) is 5.18. The molecule has 0 spiro atoms. The van der Waals surface area contributed by atoms with E-state index in [-0.39, 0.29) is 30.3 Å². The number of aryl methyl sites for hydroxylation is 1. The van der Waals surface area contributed by atoms with Gasteiger partial charge in [-0.25, -0.2) is 0 Å². The second kappa shape index (κ2) is 7.34. The zero-order chi connectivity index (χ0) is 17.1. The number of hydrogen-bond donors (Lipinski definition) is 1. The fraction of sp³-hybridized carbons (Fsp3) is 0.706. The maximum atomic E-state index is 12.3. The van der Waals surface area contributed by atoms with E-state index in [1.54, 1.807) is 6.07 Å². The summed E-state index contributed by atoms with van der Waals surface area (Å²) >= 11 is 0. The first-order valence-corrected chi connectivity index (χ1v) is 8.64. The third kappa shape index (κ3) is 3.95. The lowest BCUT2D eigenvalue weighted by atomic mass is 9.86. The molecule has 2 atom stereocenters. The number of primary amides is 1. The molecule has 2 N–H and O–H groups in total. The summed E-state index contributed by atoms with van der Waals surface area (Å²) in [5, 5.41) is 3.81. The molecule has 2 aliphatic heterocycles. The molecule has 1 aromatic heterocycles. The minimum Gasteiger partial charge on any atom is -0.377 e. The number of ether oxygens (including phenoxy) is 1. The van der Waals surface area contributed by atoms with Gasteiger partial charge in [-0.3, -0.25) is 9.59 Å². The van der Waals surface area contributed by atoms with Crippen LogP contribution in [0, 0.1) is 18.8 Å². The van der Waals surface area contributed by atoms with Crippen molar-refractivity contribution in [3.63, 3.8) is 0 Å². The smallest absolute Gasteiger partial charge is 0.230 e. The molecule has 24 heavy (non-hydrogen) atoms. The second-order valence-corrected chi connectivity index (χ2v) is 6.88. The number of nitrogens with two attached hydrogens (primary N) is 1. The standard InChI is InChI=1S/C17H25N3O4/c1-11-8-13(24-19-11)10-16(21)20-5-2-12(3-6-20)9-15-14(17(18)22)4-7-23-15/h8,12,14-15H,2-7,9-10H2,1H3,(H2,18,22)/t14-,15-/m1/s1. The number of aromatic nitrogens is 1. The number of rotatable bonds is 5. The van der Waals surface area contributed by atoms with E-state index >= 15 is 0 Å². The molecular weight excluding hydrogens is 310 g/mol. The van der Waals surface area contributed by atoms with Crippen molar-refractivity contribution in [2.24, 2.45) is 17.6 Å². The van der Waals surface area contributed by atoms with Gasteiger partial charge in [0.15, 0.2) is 0 Å². The van der Waals surface area contributed by atoms with E-state index in [9.17, 15) is 9.59 Å². The fourth-order valence-electron chi connectivity index (χ4n) is 3.71. The first-order valence-electron chi connectivity index (χ1n) is 8.64. The van der Waals surface area contributed by atoms with Crippen LogP contribution in [0.2, 0.25) is 0 Å². The van der Waals surface area contributed by atoms with Crippen LogP contribution in [0.15, 0.2) is 10.6 Å². The lowest BCUT2D eigenvalue weighted by Gasteiger charge is -2.33. The van der Waals surface area contributed by atoms with Crippen LogP contribution in [0.4, 0.5) is 0 Å². The maximum absolute atomic E-state index is 12.3. The molecule has 0 aliphatic carbocycles. The molecule has 1 aromatic rings. The van der Waals surface area contributed by atoms with Crippen LogP contribution < -0.4 is 5.73 Å². The highest BCUT2D eigenvalue weighted by Gasteiger charge is 2.35. The van der Waals surface area contributed by atoms with Crippen molar-refractivity contribution in [3.05, 3.63) is 17.5 Å². The molecule has 0 unspecified atom stereocenters. The minimum absolute atomic E-state index is 0.0491. The lowest BCUT2D eigenvalue weighted by molar-refractivity contribution is -0.132. The highest BCUT2D eigenvalue weighted by atomic mass is 16.5. The SMILES string of the molecule is Cc1cc(CC(=O)N2CCC(C[C@H]3OCC[C@H]3C(N)=O)CC2)on1. The molecule has 7 nitrogen and oxygen atoms in total. The van der Waals surface area contributed by atoms with Crippen LogP contribution in [0.1, 0.15) is 37.1 Å². The predicted molar refractivity (Wildman–Crippen MR) is 85.9 cm³/mol. The van der Waals surface area contributed by atoms with E-state index in [1.807, 2.05) is 11.8 Å². The molecule has 0 saturated carbocycles. The quantitative estimate of drug-likeness (QED) is 0.867. The minimum atomic E-state index is -0.257. The van der Waals surface area contributed by atoms with Crippen molar-refractivity contribution in [1.29, 1.82) is 0 Å². The summed E-state index contributed by atoms with van der Waals surface area (Å²) in [5.41, 5.74) is 6.23. The lowest BCUT2D eigenvalue weighted by Crippen LogP contribution is -2.40. The summed E-state index contributed by atoms with van der Waals surface area (Å²) in [4.78, 5) is 25.7. The van der Waals surface area contributed by atoms with Crippen LogP contribution in [-0.4, -0.2) is 47.7 Å². The average Bonchev–Trinajstić information content (AvgIpc) is 3.17. The van der Waals surface area contributed by atoms with Gasteiger partial charge in [0.25, 0.3) is 0 Å². The van der Waals surface area contributed by atoms with E-state index in [0.717, 1.165) is 44.5 Å². The molecule has 2 fully saturated rings. The Morgan fingerprint density at radius 3 is 2.71 bits per heavy atom. The van der Waals surface area contributed by atoms with Crippen molar-refractivity contribution in [3.8, 4) is 0 Å². The first-order chi connectivity index (χ1) is 11.5. The molecule has 0 aromatic carbocycles. The van der Waals surface area contributed by atoms with Gasteiger partial charge in [-0.1, -0.05) is 5.16 Å². The normalized spacial score (nSPS) is 25.1. The predicted octanol–water partition coefficient (Wildman–Crippen LogP) is 1.04. The van der Waals surface area contributed by atoms with E-state index in [4.69, 9.17) is 15.0 Å². The third-order valence-electron chi connectivity index (χ3n) is 5.11. The van der Waals surface area contributed by atoms with Crippen LogP contribution in [0.25, 0.3) is 0 Å². The molecule has 2 aliphatic rings. The number of carbonyl (C=O) groups is 2. The molecule has 0 bridgehead atoms. The number of nitrogens with zero attached hydrogens (tertiary/aromatic N) is 2. The summed E-state index contributed by atoms with van der Waals surface area (Å²) < 4.78 is 10.8. The molecule has 3 rings (SSSR count). The first kappa shape index (κ1) is 17.0. The molecular formula is C17H25N3O4. The molecule has 132 valence electrons. The van der Waals surface area contributed by atoms with Gasteiger partial charge in [-0.05, 0) is 38.5 Å². The molecule has 3 heterocycles. The van der Waals surface area contributed by atoms with Gasteiger partial charge in [0.1, 0.15) is 5.76 Å². The van der Waals surface area contributed by atoms with E-state index < -0.39 is 0 Å². The summed E-state index contributed by atoms with van der Waals surface area (Å²) in [6, 6.07) is 1.80. The van der Waals surface area contributed by atoms with Crippen molar-refractivity contribution in [2.45, 2.75) is 45.1 Å². The second-order valence-electron chi connectivity index (χ2n) is 6.88. The summed E-state index contributed by atoms with van der Waals surface area (Å²) in [6.07, 6.45) is 3.68. The Hall–Kier alpha value is -1.89. The van der Waals surface area contributed by atoms with E-state index in [2.05, 4.69) is 5.16 Å². The molecule has 0 radical (unpaired) electrons. The number of hydrogen-bond acceptors (Lipinski definition) is 5. The van der Waals surface area contributed by atoms with Gasteiger partial charge < -0.3 is 19.9 Å². The maximum Gasteiger partial charge on any atom is 0.230 e. The zero-order valence-corrected chi connectivity index (χ0v) is 14.1. The number of piperidine rings is 1. The van der Waals surface area contributed by atoms with Crippen LogP contribution in [0.3, 0.4) is 0 Å². The Balaban J connectivity index is 1.45. The fourth-order valence-corrected chi connectivity index (χ4v) is 3.71. The van der Waals surface area contributed by atoms with Gasteiger partial charge in [-0.15, -0.1) is 0 Å². The van der Waals surface area contributed by atoms with Gasteiger partial charge in [0, 0.05) is 25.8 Å². The summed E-state index contributed by atoms with van der Waals surface area (Å²) in [7, 11) is 0. The highest BCUT2D eigenvalue weighted by Crippen LogP contribution is 2.30. The van der Waals surface area contributed by atoms with Crippen LogP contribution >= 0.6 is 0 Å². The Bertz CT molecular complexity index is 592. The van der Waals surface area contributed by atoms with Crippen molar-refractivity contribution in [2.75, 3.05) is 19.7 Å². The monoisotopic (exact) mass is 335 g/mol. The van der Waals surface area contributed by atoms with E-state index in [1.165, 1.54) is 0 Å². The Morgan fingerprint density at radius 1 is 1.33 bits per heavy atom. The summed E-state index contributed by atoms with van der Waals surface area (Å²) in [5.74, 6) is 0.762. The Morgan fingerprint density at radius 2 is 2.08 bits per heavy atom. The number of amides is 2. The Labute approximate surface area is 141 Å². The van der Waals surface area contributed by atoms with Crippen molar-refractivity contribution < 1.29 is 18.8 Å². The average molecular weight is 335 g/mol. The van der Waals surface area contributed by atoms with E-state index in [0.29, 0.717) is 18.3 Å².